The molecule has 0 heterocycles. The average Bonchev–Trinajstić information content (AvgIpc) is 1.69. The third-order valence-electron chi connectivity index (χ3n) is 0.500. The van der Waals surface area contributed by atoms with Gasteiger partial charge in [-0.1, -0.05) is 33.6 Å². The average molecular weight is 175 g/mol. The van der Waals surface area contributed by atoms with Gasteiger partial charge in [0.2, 0.25) is 0 Å². The summed E-state index contributed by atoms with van der Waals surface area (Å²) < 4.78 is 0. The van der Waals surface area contributed by atoms with Crippen LogP contribution in [0, 0.1) is 0 Å². The minimum Gasteiger partial charge on any atom is -1.00 e. The fourth-order valence-corrected chi connectivity index (χ4v) is 0. The zero-order valence-corrected chi connectivity index (χ0v) is 10.5. The van der Waals surface area contributed by atoms with E-state index in [1.165, 1.54) is 12.8 Å². The summed E-state index contributed by atoms with van der Waals surface area (Å²) in [7, 11) is 0. The van der Waals surface area contributed by atoms with Gasteiger partial charge in [-0.2, -0.15) is 0 Å². The van der Waals surface area contributed by atoms with E-state index in [1.54, 1.807) is 0 Å². The molecule has 0 aliphatic carbocycles. The van der Waals surface area contributed by atoms with E-state index in [9.17, 15) is 0 Å². The van der Waals surface area contributed by atoms with Crippen LogP contribution in [0.5, 0.6) is 0 Å². The Morgan fingerprint density at radius 2 is 1.11 bits per heavy atom. The Balaban J connectivity index is -0.00000000444. The monoisotopic (exact) mass is 174 g/mol. The molecule has 3 heteroatoms. The van der Waals surface area contributed by atoms with Gasteiger partial charge in [0.05, 0.1) is 0 Å². The summed E-state index contributed by atoms with van der Waals surface area (Å²) in [6.45, 7) is 6.25. The van der Waals surface area contributed by atoms with Crippen LogP contribution in [-0.4, -0.2) is 52.0 Å². The number of unbranched alkanes of at least 4 members (excludes halogenated alkanes) is 1. The van der Waals surface area contributed by atoms with Crippen molar-refractivity contribution in [3.63, 3.8) is 0 Å². The van der Waals surface area contributed by atoms with Crippen molar-refractivity contribution >= 4 is 57.7 Å². The number of halogens is 1. The molecule has 0 fully saturated rings. The van der Waals surface area contributed by atoms with Crippen LogP contribution >= 0.6 is 11.6 Å². The maximum Gasteiger partial charge on any atom is 2.00 e. The van der Waals surface area contributed by atoms with E-state index >= 15 is 0 Å². The molecule has 0 radical (unpaired) electrons. The van der Waals surface area contributed by atoms with Crippen molar-refractivity contribution < 1.29 is 5.71 Å². The van der Waals surface area contributed by atoms with Crippen LogP contribution in [0.1, 0.15) is 39.3 Å². The second-order valence-electron chi connectivity index (χ2n) is 1.27. The maximum atomic E-state index is 5.00. The standard InChI is InChI=1S/C4H10.C2H5Cl.2Mg.4H/c1-3-4-2;1-2-3;;;;;;/h3-4H2,1-2H3;2H2,1H3;;;;;;/q;;2*+2;4*-1. The van der Waals surface area contributed by atoms with Gasteiger partial charge >= 0.3 is 46.1 Å². The van der Waals surface area contributed by atoms with Crippen LogP contribution in [0.2, 0.25) is 0 Å². The Kier molecular flexibility index (Phi) is 81.9. The molecular formula is C6H19ClMg2. The predicted molar refractivity (Wildman–Crippen MR) is 52.9 cm³/mol. The zero-order valence-electron chi connectivity index (χ0n) is 10.9. The first-order chi connectivity index (χ1) is 3.33. The predicted octanol–water partition coefficient (Wildman–Crippen LogP) is 2.74. The summed E-state index contributed by atoms with van der Waals surface area (Å²) >= 11 is 5.00. The molecule has 0 amide bonds. The smallest absolute Gasteiger partial charge is 1.00 e. The van der Waals surface area contributed by atoms with Gasteiger partial charge in [0.1, 0.15) is 0 Å². The molecule has 0 saturated carbocycles. The van der Waals surface area contributed by atoms with Crippen LogP contribution < -0.4 is 0 Å². The molecule has 0 bridgehead atoms. The molecule has 0 unspecified atom stereocenters. The third kappa shape index (κ3) is 75.4. The normalized spacial score (nSPS) is 5.33. The molecule has 0 atom stereocenters. The summed E-state index contributed by atoms with van der Waals surface area (Å²) in [6, 6.07) is 0. The van der Waals surface area contributed by atoms with Gasteiger partial charge in [0.25, 0.3) is 0 Å². The van der Waals surface area contributed by atoms with Crippen LogP contribution in [0.4, 0.5) is 0 Å². The van der Waals surface area contributed by atoms with E-state index in [1.807, 2.05) is 6.92 Å². The molecule has 0 aliphatic rings. The van der Waals surface area contributed by atoms with Gasteiger partial charge in [0, 0.05) is 5.88 Å². The molecule has 0 aromatic carbocycles. The van der Waals surface area contributed by atoms with Crippen LogP contribution in [0.25, 0.3) is 0 Å². The molecular weight excluding hydrogens is 156 g/mol. The van der Waals surface area contributed by atoms with Crippen LogP contribution in [0.3, 0.4) is 0 Å². The van der Waals surface area contributed by atoms with E-state index in [0.717, 1.165) is 5.88 Å². The van der Waals surface area contributed by atoms with E-state index in [0.29, 0.717) is 0 Å². The zero-order chi connectivity index (χ0) is 6.12. The van der Waals surface area contributed by atoms with Crippen molar-refractivity contribution in [1.29, 1.82) is 0 Å². The molecule has 0 aliphatic heterocycles. The Hall–Kier alpha value is 1.82. The van der Waals surface area contributed by atoms with E-state index in [2.05, 4.69) is 13.8 Å². The number of rotatable bonds is 1. The SMILES string of the molecule is CCCC.CCCl.[H-].[H-].[H-].[H-].[Mg+2].[Mg+2]. The second kappa shape index (κ2) is 32.9. The Bertz CT molecular complexity index is 30.1. The minimum absolute atomic E-state index is 0. The van der Waals surface area contributed by atoms with Gasteiger partial charge in [-0.05, 0) is 0 Å². The maximum absolute atomic E-state index is 5.00. The van der Waals surface area contributed by atoms with Gasteiger partial charge < -0.3 is 5.71 Å². The minimum atomic E-state index is 0. The molecule has 0 aromatic rings. The molecule has 0 nitrogen and oxygen atoms in total. The summed E-state index contributed by atoms with van der Waals surface area (Å²) in [5.41, 5.74) is 0. The molecule has 0 saturated heterocycles. The fourth-order valence-electron chi connectivity index (χ4n) is 0. The molecule has 54 valence electrons. The summed E-state index contributed by atoms with van der Waals surface area (Å²) in [6.07, 6.45) is 2.64. The van der Waals surface area contributed by atoms with Crippen molar-refractivity contribution in [2.75, 3.05) is 5.88 Å². The van der Waals surface area contributed by atoms with Crippen molar-refractivity contribution in [3.05, 3.63) is 0 Å². The first-order valence-electron chi connectivity index (χ1n) is 2.89. The molecule has 0 spiro atoms. The van der Waals surface area contributed by atoms with Crippen molar-refractivity contribution in [3.8, 4) is 0 Å². The molecule has 0 N–H and O–H groups in total. The number of hydrogen-bond donors (Lipinski definition) is 0. The molecule has 0 rings (SSSR count). The van der Waals surface area contributed by atoms with Gasteiger partial charge in [0.15, 0.2) is 0 Å². The van der Waals surface area contributed by atoms with Crippen molar-refractivity contribution in [2.24, 2.45) is 0 Å². The van der Waals surface area contributed by atoms with Gasteiger partial charge in [-0.15, -0.1) is 11.6 Å². The summed E-state index contributed by atoms with van der Waals surface area (Å²) in [5, 5.41) is 0. The van der Waals surface area contributed by atoms with Gasteiger partial charge in [-0.25, -0.2) is 0 Å². The van der Waals surface area contributed by atoms with Gasteiger partial charge in [-0.3, -0.25) is 0 Å². The molecule has 0 aromatic heterocycles. The van der Waals surface area contributed by atoms with E-state index < -0.39 is 0 Å². The number of alkyl halides is 1. The Labute approximate surface area is 102 Å². The largest absolute Gasteiger partial charge is 2.00 e. The Morgan fingerprint density at radius 3 is 1.11 bits per heavy atom. The quantitative estimate of drug-likeness (QED) is 0.424. The third-order valence-corrected chi connectivity index (χ3v) is 0.500. The topological polar surface area (TPSA) is 0 Å². The van der Waals surface area contributed by atoms with Crippen molar-refractivity contribution in [1.82, 2.24) is 0 Å². The fraction of sp³-hybridized carbons (Fsp3) is 1.00. The van der Waals surface area contributed by atoms with E-state index in [-0.39, 0.29) is 51.8 Å². The van der Waals surface area contributed by atoms with Crippen LogP contribution in [-0.2, 0) is 0 Å². The summed E-state index contributed by atoms with van der Waals surface area (Å²) in [4.78, 5) is 0. The van der Waals surface area contributed by atoms with Crippen LogP contribution in [0.15, 0.2) is 0 Å². The molecule has 9 heavy (non-hydrogen) atoms. The first kappa shape index (κ1) is 22.4. The first-order valence-corrected chi connectivity index (χ1v) is 3.42. The Morgan fingerprint density at radius 1 is 1.00 bits per heavy atom. The second-order valence-corrected chi connectivity index (χ2v) is 1.80. The van der Waals surface area contributed by atoms with Crippen molar-refractivity contribution in [2.45, 2.75) is 33.6 Å². The summed E-state index contributed by atoms with van der Waals surface area (Å²) in [5.74, 6) is 0.722. The number of hydrogen-bond acceptors (Lipinski definition) is 0. The van der Waals surface area contributed by atoms with E-state index in [4.69, 9.17) is 11.6 Å².